The number of fused-ring (bicyclic) bond motifs is 9. The van der Waals surface area contributed by atoms with Gasteiger partial charge in [-0.1, -0.05) is 72.8 Å². The van der Waals surface area contributed by atoms with E-state index in [0.717, 1.165) is 11.3 Å². The third kappa shape index (κ3) is 2.75. The first-order chi connectivity index (χ1) is 17.9. The van der Waals surface area contributed by atoms with Crippen molar-refractivity contribution in [3.8, 4) is 16.9 Å². The van der Waals surface area contributed by atoms with Gasteiger partial charge in [0, 0.05) is 53.8 Å². The Hall–Kier alpha value is -4.47. The molecule has 168 valence electrons. The first-order valence-corrected chi connectivity index (χ1v) is 13.0. The first kappa shape index (κ1) is 19.8. The molecule has 5 aromatic carbocycles. The SMILES string of the molecule is c1ccc(-n2c3ccc(-c4ccccn4)cc3c3ccc4ccc5c6ccccc6sc5c4c32)cc1. The summed E-state index contributed by atoms with van der Waals surface area (Å²) in [7, 11) is 0. The number of benzene rings is 5. The maximum absolute atomic E-state index is 4.61. The van der Waals surface area contributed by atoms with E-state index in [-0.39, 0.29) is 0 Å². The number of nitrogens with zero attached hydrogens (tertiary/aromatic N) is 2. The molecule has 3 heteroatoms. The van der Waals surface area contributed by atoms with Gasteiger partial charge >= 0.3 is 0 Å². The van der Waals surface area contributed by atoms with Crippen LogP contribution in [0.3, 0.4) is 0 Å². The van der Waals surface area contributed by atoms with Gasteiger partial charge in [0.25, 0.3) is 0 Å². The first-order valence-electron chi connectivity index (χ1n) is 12.1. The molecule has 0 aliphatic heterocycles. The van der Waals surface area contributed by atoms with Crippen molar-refractivity contribution in [1.82, 2.24) is 9.55 Å². The van der Waals surface area contributed by atoms with Crippen molar-refractivity contribution in [3.63, 3.8) is 0 Å². The average molecular weight is 477 g/mol. The predicted molar refractivity (Wildman–Crippen MR) is 154 cm³/mol. The fourth-order valence-electron chi connectivity index (χ4n) is 5.63. The minimum absolute atomic E-state index is 0.993. The van der Waals surface area contributed by atoms with Crippen molar-refractivity contribution >= 4 is 64.1 Å². The van der Waals surface area contributed by atoms with Crippen molar-refractivity contribution in [3.05, 3.63) is 121 Å². The minimum atomic E-state index is 0.993. The van der Waals surface area contributed by atoms with E-state index < -0.39 is 0 Å². The lowest BCUT2D eigenvalue weighted by molar-refractivity contribution is 1.19. The zero-order chi connectivity index (χ0) is 23.6. The Bertz CT molecular complexity index is 2080. The predicted octanol–water partition coefficient (Wildman–Crippen LogP) is 9.37. The zero-order valence-electron chi connectivity index (χ0n) is 19.3. The highest BCUT2D eigenvalue weighted by atomic mass is 32.1. The Labute approximate surface area is 211 Å². The Morgan fingerprint density at radius 3 is 2.28 bits per heavy atom. The number of rotatable bonds is 2. The van der Waals surface area contributed by atoms with E-state index in [0.29, 0.717) is 0 Å². The van der Waals surface area contributed by atoms with E-state index in [2.05, 4.69) is 113 Å². The normalized spacial score (nSPS) is 11.9. The van der Waals surface area contributed by atoms with Crippen LogP contribution >= 0.6 is 11.3 Å². The van der Waals surface area contributed by atoms with Gasteiger partial charge in [-0.05, 0) is 47.9 Å². The van der Waals surface area contributed by atoms with Gasteiger partial charge in [0.2, 0.25) is 0 Å². The molecule has 8 aromatic rings. The topological polar surface area (TPSA) is 17.8 Å². The third-order valence-corrected chi connectivity index (χ3v) is 8.43. The summed E-state index contributed by atoms with van der Waals surface area (Å²) in [5, 5.41) is 7.77. The molecule has 0 unspecified atom stereocenters. The quantitative estimate of drug-likeness (QED) is 0.243. The molecule has 36 heavy (non-hydrogen) atoms. The van der Waals surface area contributed by atoms with E-state index in [4.69, 9.17) is 0 Å². The summed E-state index contributed by atoms with van der Waals surface area (Å²) in [6.07, 6.45) is 1.86. The van der Waals surface area contributed by atoms with Gasteiger partial charge < -0.3 is 4.57 Å². The number of pyridine rings is 1. The molecule has 8 rings (SSSR count). The molecule has 3 aromatic heterocycles. The number of hydrogen-bond donors (Lipinski definition) is 0. The van der Waals surface area contributed by atoms with Gasteiger partial charge in [0.15, 0.2) is 0 Å². The van der Waals surface area contributed by atoms with E-state index >= 15 is 0 Å². The number of aromatic nitrogens is 2. The molecular weight excluding hydrogens is 456 g/mol. The molecule has 3 heterocycles. The standard InChI is InChI=1S/C33H20N2S/c1-2-8-23(9-3-1)35-29-18-15-22(28-11-6-7-19-34-28)20-27(29)25-16-13-21-14-17-26-24-10-4-5-12-30(24)36-33(26)31(21)32(25)35/h1-20H. The highest BCUT2D eigenvalue weighted by molar-refractivity contribution is 7.26. The molecule has 0 bridgehead atoms. The van der Waals surface area contributed by atoms with Crippen molar-refractivity contribution in [2.45, 2.75) is 0 Å². The van der Waals surface area contributed by atoms with Crippen molar-refractivity contribution < 1.29 is 0 Å². The van der Waals surface area contributed by atoms with Crippen LogP contribution in [0.2, 0.25) is 0 Å². The van der Waals surface area contributed by atoms with E-state index in [1.807, 2.05) is 29.7 Å². The summed E-state index contributed by atoms with van der Waals surface area (Å²) in [5.74, 6) is 0. The van der Waals surface area contributed by atoms with Gasteiger partial charge in [-0.15, -0.1) is 11.3 Å². The minimum Gasteiger partial charge on any atom is -0.309 e. The second-order valence-electron chi connectivity index (χ2n) is 9.22. The molecule has 2 nitrogen and oxygen atoms in total. The average Bonchev–Trinajstić information content (AvgIpc) is 3.49. The van der Waals surface area contributed by atoms with Crippen LogP contribution in [0.25, 0.3) is 69.7 Å². The lowest BCUT2D eigenvalue weighted by Crippen LogP contribution is -1.94. The molecule has 0 aliphatic carbocycles. The van der Waals surface area contributed by atoms with Crippen molar-refractivity contribution in [2.75, 3.05) is 0 Å². The smallest absolute Gasteiger partial charge is 0.0702 e. The van der Waals surface area contributed by atoms with Gasteiger partial charge in [-0.25, -0.2) is 0 Å². The summed E-state index contributed by atoms with van der Waals surface area (Å²) >= 11 is 1.90. The zero-order valence-corrected chi connectivity index (χ0v) is 20.2. The second-order valence-corrected chi connectivity index (χ2v) is 10.3. The summed E-state index contributed by atoms with van der Waals surface area (Å²) in [5.41, 5.74) is 5.78. The summed E-state index contributed by atoms with van der Waals surface area (Å²) in [6.45, 7) is 0. The monoisotopic (exact) mass is 476 g/mol. The lowest BCUT2D eigenvalue weighted by atomic mass is 10.0. The van der Waals surface area contributed by atoms with Crippen LogP contribution < -0.4 is 0 Å². The Morgan fingerprint density at radius 1 is 0.611 bits per heavy atom. The Kier molecular flexibility index (Phi) is 4.13. The number of para-hydroxylation sites is 1. The fourth-order valence-corrected chi connectivity index (χ4v) is 6.89. The van der Waals surface area contributed by atoms with Crippen LogP contribution in [-0.2, 0) is 0 Å². The van der Waals surface area contributed by atoms with Crippen LogP contribution in [0.5, 0.6) is 0 Å². The Morgan fingerprint density at radius 2 is 1.42 bits per heavy atom. The molecule has 0 radical (unpaired) electrons. The van der Waals surface area contributed by atoms with Gasteiger partial charge in [0.1, 0.15) is 0 Å². The van der Waals surface area contributed by atoms with Gasteiger partial charge in [-0.2, -0.15) is 0 Å². The maximum Gasteiger partial charge on any atom is 0.0702 e. The van der Waals surface area contributed by atoms with Crippen molar-refractivity contribution in [1.29, 1.82) is 0 Å². The van der Waals surface area contributed by atoms with Gasteiger partial charge in [-0.3, -0.25) is 4.98 Å². The molecule has 0 saturated heterocycles. The fraction of sp³-hybridized carbons (Fsp3) is 0. The molecule has 0 amide bonds. The lowest BCUT2D eigenvalue weighted by Gasteiger charge is -2.10. The summed E-state index contributed by atoms with van der Waals surface area (Å²) in [4.78, 5) is 4.61. The molecular formula is C33H20N2S. The summed E-state index contributed by atoms with van der Waals surface area (Å²) in [6, 6.07) is 41.5. The molecule has 0 aliphatic rings. The van der Waals surface area contributed by atoms with E-state index in [1.54, 1.807) is 0 Å². The van der Waals surface area contributed by atoms with Crippen LogP contribution in [0.15, 0.2) is 121 Å². The van der Waals surface area contributed by atoms with Crippen LogP contribution in [0, 0.1) is 0 Å². The Balaban J connectivity index is 1.59. The molecule has 0 atom stereocenters. The molecule has 0 saturated carbocycles. The molecule has 0 fully saturated rings. The van der Waals surface area contributed by atoms with Crippen LogP contribution in [0.4, 0.5) is 0 Å². The maximum atomic E-state index is 4.61. The second kappa shape index (κ2) is 7.51. The molecule has 0 N–H and O–H groups in total. The summed E-state index contributed by atoms with van der Waals surface area (Å²) < 4.78 is 5.13. The van der Waals surface area contributed by atoms with Gasteiger partial charge in [0.05, 0.1) is 16.7 Å². The van der Waals surface area contributed by atoms with Crippen molar-refractivity contribution in [2.24, 2.45) is 0 Å². The van der Waals surface area contributed by atoms with Crippen LogP contribution in [0.1, 0.15) is 0 Å². The highest BCUT2D eigenvalue weighted by Gasteiger charge is 2.19. The van der Waals surface area contributed by atoms with E-state index in [1.165, 1.54) is 58.4 Å². The largest absolute Gasteiger partial charge is 0.309 e. The molecule has 0 spiro atoms. The van der Waals surface area contributed by atoms with E-state index in [9.17, 15) is 0 Å². The number of hydrogen-bond acceptors (Lipinski definition) is 2. The highest BCUT2D eigenvalue weighted by Crippen LogP contribution is 2.44. The van der Waals surface area contributed by atoms with Crippen LogP contribution in [-0.4, -0.2) is 9.55 Å². The third-order valence-electron chi connectivity index (χ3n) is 7.23. The number of thiophene rings is 1.